The summed E-state index contributed by atoms with van der Waals surface area (Å²) >= 11 is 0. The number of aromatic amines is 1. The number of carboxylic acid groups (broad SMARTS) is 1. The van der Waals surface area contributed by atoms with E-state index in [1.807, 2.05) is 6.92 Å². The van der Waals surface area contributed by atoms with Crippen molar-refractivity contribution in [3.63, 3.8) is 0 Å². The second-order valence-electron chi connectivity index (χ2n) is 5.06. The predicted octanol–water partition coefficient (Wildman–Crippen LogP) is 1.65. The number of halogens is 1. The highest BCUT2D eigenvalue weighted by molar-refractivity contribution is 5.80. The Morgan fingerprint density at radius 2 is 2.04 bits per heavy atom. The van der Waals surface area contributed by atoms with Crippen molar-refractivity contribution in [3.8, 4) is 0 Å². The Kier molecular flexibility index (Phi) is 5.29. The molecule has 2 aromatic rings. The van der Waals surface area contributed by atoms with Crippen molar-refractivity contribution in [2.24, 2.45) is 0 Å². The lowest BCUT2D eigenvalue weighted by Gasteiger charge is -2.21. The average Bonchev–Trinajstić information content (AvgIpc) is 2.91. The first kappa shape index (κ1) is 16.5. The second kappa shape index (κ2) is 7.39. The maximum Gasteiger partial charge on any atom is 0.323 e. The van der Waals surface area contributed by atoms with Crippen LogP contribution in [0.5, 0.6) is 0 Å². The molecule has 0 saturated carbocycles. The summed E-state index contributed by atoms with van der Waals surface area (Å²) in [6.45, 7) is 1.68. The zero-order chi connectivity index (χ0) is 16.8. The van der Waals surface area contributed by atoms with Gasteiger partial charge in [-0.15, -0.1) is 0 Å². The highest BCUT2D eigenvalue weighted by Crippen LogP contribution is 2.08. The first-order valence-corrected chi connectivity index (χ1v) is 6.93. The van der Waals surface area contributed by atoms with E-state index in [1.54, 1.807) is 6.20 Å². The van der Waals surface area contributed by atoms with Crippen LogP contribution >= 0.6 is 0 Å². The van der Waals surface area contributed by atoms with Crippen LogP contribution in [0.2, 0.25) is 0 Å². The molecule has 2 rings (SSSR count). The molecule has 0 saturated heterocycles. The van der Waals surface area contributed by atoms with Crippen LogP contribution in [-0.4, -0.2) is 38.7 Å². The van der Waals surface area contributed by atoms with Gasteiger partial charge in [-0.3, -0.25) is 9.89 Å². The molecule has 0 radical (unpaired) electrons. The summed E-state index contributed by atoms with van der Waals surface area (Å²) < 4.78 is 12.9. The number of rotatable bonds is 6. The molecular weight excluding hydrogens is 303 g/mol. The van der Waals surface area contributed by atoms with Gasteiger partial charge in [0, 0.05) is 24.3 Å². The number of aromatic nitrogens is 2. The molecule has 8 heteroatoms. The second-order valence-corrected chi connectivity index (χ2v) is 5.06. The summed E-state index contributed by atoms with van der Waals surface area (Å²) in [5.41, 5.74) is 2.28. The molecule has 1 aromatic carbocycles. The molecule has 3 N–H and O–H groups in total. The lowest BCUT2D eigenvalue weighted by Crippen LogP contribution is -2.42. The van der Waals surface area contributed by atoms with E-state index >= 15 is 0 Å². The molecule has 7 nitrogen and oxygen atoms in total. The normalized spacial score (nSPS) is 10.3. The third-order valence-electron chi connectivity index (χ3n) is 3.26. The fourth-order valence-electron chi connectivity index (χ4n) is 2.01. The molecule has 0 atom stereocenters. The monoisotopic (exact) mass is 320 g/mol. The van der Waals surface area contributed by atoms with Crippen LogP contribution in [-0.2, 0) is 17.9 Å². The summed E-state index contributed by atoms with van der Waals surface area (Å²) in [4.78, 5) is 24.3. The Morgan fingerprint density at radius 1 is 1.35 bits per heavy atom. The minimum atomic E-state index is -1.12. The summed E-state index contributed by atoms with van der Waals surface area (Å²) in [5.74, 6) is -1.51. The van der Waals surface area contributed by atoms with Gasteiger partial charge in [-0.05, 0) is 24.6 Å². The van der Waals surface area contributed by atoms with Crippen molar-refractivity contribution in [3.05, 3.63) is 53.1 Å². The number of nitrogens with zero attached hydrogens (tertiary/aromatic N) is 2. The lowest BCUT2D eigenvalue weighted by atomic mass is 10.2. The fraction of sp³-hybridized carbons (Fsp3) is 0.267. The predicted molar refractivity (Wildman–Crippen MR) is 80.0 cm³/mol. The number of carbonyl (C=O) groups excluding carboxylic acids is 1. The maximum atomic E-state index is 12.9. The first-order chi connectivity index (χ1) is 11.0. The van der Waals surface area contributed by atoms with Gasteiger partial charge in [-0.2, -0.15) is 5.10 Å². The number of carbonyl (C=O) groups is 2. The molecular formula is C15H17FN4O3. The Labute approximate surface area is 132 Å². The van der Waals surface area contributed by atoms with Gasteiger partial charge in [0.15, 0.2) is 0 Å². The maximum absolute atomic E-state index is 12.9. The van der Waals surface area contributed by atoms with Crippen molar-refractivity contribution < 1.29 is 19.1 Å². The van der Waals surface area contributed by atoms with Crippen molar-refractivity contribution in [2.45, 2.75) is 20.0 Å². The summed E-state index contributed by atoms with van der Waals surface area (Å²) in [7, 11) is 0. The van der Waals surface area contributed by atoms with Crippen molar-refractivity contribution in [1.29, 1.82) is 0 Å². The number of nitrogens with one attached hydrogen (secondary N) is 2. The minimum absolute atomic E-state index is 0.0722. The van der Waals surface area contributed by atoms with Crippen LogP contribution in [0, 0.1) is 12.7 Å². The summed E-state index contributed by atoms with van der Waals surface area (Å²) in [6.07, 6.45) is 1.59. The van der Waals surface area contributed by atoms with E-state index in [9.17, 15) is 14.0 Å². The fourth-order valence-corrected chi connectivity index (χ4v) is 2.01. The average molecular weight is 320 g/mol. The van der Waals surface area contributed by atoms with E-state index in [0.717, 1.165) is 16.2 Å². The van der Waals surface area contributed by atoms with Gasteiger partial charge in [-0.25, -0.2) is 9.18 Å². The van der Waals surface area contributed by atoms with Crippen LogP contribution in [0.3, 0.4) is 0 Å². The number of aryl methyl sites for hydroxylation is 1. The van der Waals surface area contributed by atoms with Gasteiger partial charge >= 0.3 is 12.0 Å². The van der Waals surface area contributed by atoms with Gasteiger partial charge in [0.2, 0.25) is 0 Å². The van der Waals surface area contributed by atoms with E-state index < -0.39 is 24.4 Å². The van der Waals surface area contributed by atoms with Crippen molar-refractivity contribution >= 4 is 12.0 Å². The van der Waals surface area contributed by atoms with Crippen molar-refractivity contribution in [2.75, 3.05) is 6.54 Å². The van der Waals surface area contributed by atoms with E-state index in [0.29, 0.717) is 5.56 Å². The molecule has 1 aromatic heterocycles. The SMILES string of the molecule is Cc1[nH]ncc1CNC(=O)N(CC(=O)O)Cc1ccc(F)cc1. The zero-order valence-electron chi connectivity index (χ0n) is 12.5. The molecule has 23 heavy (non-hydrogen) atoms. The Morgan fingerprint density at radius 3 is 2.61 bits per heavy atom. The number of urea groups is 1. The third kappa shape index (κ3) is 4.80. The highest BCUT2D eigenvalue weighted by atomic mass is 19.1. The van der Waals surface area contributed by atoms with E-state index in [-0.39, 0.29) is 13.1 Å². The third-order valence-corrected chi connectivity index (χ3v) is 3.26. The Bertz CT molecular complexity index is 684. The first-order valence-electron chi connectivity index (χ1n) is 6.93. The topological polar surface area (TPSA) is 98.3 Å². The molecule has 0 fully saturated rings. The minimum Gasteiger partial charge on any atom is -0.480 e. The van der Waals surface area contributed by atoms with E-state index in [2.05, 4.69) is 15.5 Å². The van der Waals surface area contributed by atoms with Gasteiger partial charge < -0.3 is 15.3 Å². The van der Waals surface area contributed by atoms with Gasteiger partial charge in [0.25, 0.3) is 0 Å². The number of aliphatic carboxylic acids is 1. The highest BCUT2D eigenvalue weighted by Gasteiger charge is 2.17. The van der Waals surface area contributed by atoms with Crippen molar-refractivity contribution in [1.82, 2.24) is 20.4 Å². The smallest absolute Gasteiger partial charge is 0.323 e. The number of amides is 2. The molecule has 0 unspecified atom stereocenters. The quantitative estimate of drug-likeness (QED) is 0.754. The Hall–Kier alpha value is -2.90. The number of carboxylic acids is 1. The number of hydrogen-bond donors (Lipinski definition) is 3. The van der Waals surface area contributed by atoms with E-state index in [1.165, 1.54) is 24.3 Å². The summed E-state index contributed by atoms with van der Waals surface area (Å²) in [5, 5.41) is 18.2. The van der Waals surface area contributed by atoms with Crippen LogP contribution < -0.4 is 5.32 Å². The molecule has 0 bridgehead atoms. The molecule has 0 spiro atoms. The Balaban J connectivity index is 2.01. The molecule has 122 valence electrons. The summed E-state index contributed by atoms with van der Waals surface area (Å²) in [6, 6.07) is 5.04. The van der Waals surface area contributed by atoms with Gasteiger partial charge in [0.1, 0.15) is 12.4 Å². The zero-order valence-corrected chi connectivity index (χ0v) is 12.5. The molecule has 0 aliphatic heterocycles. The largest absolute Gasteiger partial charge is 0.480 e. The van der Waals surface area contributed by atoms with Crippen LogP contribution in [0.15, 0.2) is 30.5 Å². The van der Waals surface area contributed by atoms with Gasteiger partial charge in [-0.1, -0.05) is 12.1 Å². The van der Waals surface area contributed by atoms with Crippen LogP contribution in [0.1, 0.15) is 16.8 Å². The van der Waals surface area contributed by atoms with Crippen LogP contribution in [0.4, 0.5) is 9.18 Å². The van der Waals surface area contributed by atoms with Gasteiger partial charge in [0.05, 0.1) is 6.20 Å². The molecule has 0 aliphatic rings. The number of hydrogen-bond acceptors (Lipinski definition) is 3. The standard InChI is InChI=1S/C15H17FN4O3/c1-10-12(7-18-19-10)6-17-15(23)20(9-14(21)22)8-11-2-4-13(16)5-3-11/h2-5,7H,6,8-9H2,1H3,(H,17,23)(H,18,19)(H,21,22). The number of H-pyrrole nitrogens is 1. The molecule has 2 amide bonds. The molecule has 1 heterocycles. The van der Waals surface area contributed by atoms with Crippen LogP contribution in [0.25, 0.3) is 0 Å². The lowest BCUT2D eigenvalue weighted by molar-refractivity contribution is -0.137. The number of benzene rings is 1. The van der Waals surface area contributed by atoms with E-state index in [4.69, 9.17) is 5.11 Å². The molecule has 0 aliphatic carbocycles.